The molecule has 20 heavy (non-hydrogen) atoms. The summed E-state index contributed by atoms with van der Waals surface area (Å²) in [5.74, 6) is 2.55. The lowest BCUT2D eigenvalue weighted by Gasteiger charge is -2.23. The van der Waals surface area contributed by atoms with Crippen LogP contribution >= 0.6 is 0 Å². The average Bonchev–Trinajstić information content (AvgIpc) is 2.42. The second kappa shape index (κ2) is 7.88. The maximum atomic E-state index is 12.0. The number of carbonyl (C=O) groups is 1. The Labute approximate surface area is 122 Å². The molecule has 0 saturated carbocycles. The van der Waals surface area contributed by atoms with E-state index in [1.807, 2.05) is 30.3 Å². The molecule has 0 aliphatic carbocycles. The minimum absolute atomic E-state index is 0.202. The molecular weight excluding hydrogens is 248 g/mol. The maximum absolute atomic E-state index is 12.0. The van der Waals surface area contributed by atoms with Crippen molar-refractivity contribution in [2.45, 2.75) is 34.1 Å². The molecule has 0 heterocycles. The first kappa shape index (κ1) is 16.5. The molecular formula is C18H26O2. The monoisotopic (exact) mass is 274 g/mol. The van der Waals surface area contributed by atoms with Crippen molar-refractivity contribution in [1.82, 2.24) is 0 Å². The van der Waals surface area contributed by atoms with Gasteiger partial charge < -0.3 is 4.74 Å². The van der Waals surface area contributed by atoms with Crippen molar-refractivity contribution in [3.05, 3.63) is 35.9 Å². The Morgan fingerprint density at radius 3 is 2.10 bits per heavy atom. The maximum Gasteiger partial charge on any atom is 0.156 e. The minimum atomic E-state index is 0.202. The SMILES string of the molecule is COc1ccc(/C=C/C(=O)CC(C(C)C)C(C)C)cc1. The second-order valence-corrected chi connectivity index (χ2v) is 5.93. The first-order valence-electron chi connectivity index (χ1n) is 7.29. The van der Waals surface area contributed by atoms with Crippen molar-refractivity contribution < 1.29 is 9.53 Å². The van der Waals surface area contributed by atoms with Gasteiger partial charge in [0.15, 0.2) is 5.78 Å². The first-order valence-corrected chi connectivity index (χ1v) is 7.29. The Balaban J connectivity index is 2.62. The van der Waals surface area contributed by atoms with E-state index in [0.29, 0.717) is 24.2 Å². The molecule has 0 aliphatic rings. The molecule has 0 fully saturated rings. The molecule has 0 N–H and O–H groups in total. The summed E-state index contributed by atoms with van der Waals surface area (Å²) in [4.78, 5) is 12.0. The number of ketones is 1. The highest BCUT2D eigenvalue weighted by atomic mass is 16.5. The van der Waals surface area contributed by atoms with Gasteiger partial charge >= 0.3 is 0 Å². The third-order valence-electron chi connectivity index (χ3n) is 3.73. The Morgan fingerprint density at radius 1 is 1.10 bits per heavy atom. The van der Waals surface area contributed by atoms with Crippen LogP contribution in [0.1, 0.15) is 39.7 Å². The number of allylic oxidation sites excluding steroid dienone is 1. The van der Waals surface area contributed by atoms with E-state index in [1.165, 1.54) is 0 Å². The van der Waals surface area contributed by atoms with E-state index in [4.69, 9.17) is 4.74 Å². The number of rotatable bonds is 7. The van der Waals surface area contributed by atoms with Crippen molar-refractivity contribution >= 4 is 11.9 Å². The van der Waals surface area contributed by atoms with Gasteiger partial charge in [-0.2, -0.15) is 0 Å². The van der Waals surface area contributed by atoms with Crippen LogP contribution in [-0.2, 0) is 4.79 Å². The van der Waals surface area contributed by atoms with E-state index in [1.54, 1.807) is 13.2 Å². The van der Waals surface area contributed by atoms with Crippen molar-refractivity contribution in [2.24, 2.45) is 17.8 Å². The van der Waals surface area contributed by atoms with E-state index in [-0.39, 0.29) is 5.78 Å². The van der Waals surface area contributed by atoms with Gasteiger partial charge in [0.1, 0.15) is 5.75 Å². The van der Waals surface area contributed by atoms with Crippen LogP contribution in [0.5, 0.6) is 5.75 Å². The highest BCUT2D eigenvalue weighted by molar-refractivity contribution is 5.93. The van der Waals surface area contributed by atoms with E-state index in [0.717, 1.165) is 11.3 Å². The second-order valence-electron chi connectivity index (χ2n) is 5.93. The summed E-state index contributed by atoms with van der Waals surface area (Å²) in [6, 6.07) is 7.69. The molecule has 2 heteroatoms. The summed E-state index contributed by atoms with van der Waals surface area (Å²) in [6.07, 6.45) is 4.20. The Kier molecular flexibility index (Phi) is 6.50. The van der Waals surface area contributed by atoms with Crippen LogP contribution in [0.25, 0.3) is 6.08 Å². The summed E-state index contributed by atoms with van der Waals surface area (Å²) in [5, 5.41) is 0. The van der Waals surface area contributed by atoms with E-state index >= 15 is 0 Å². The molecule has 0 amide bonds. The zero-order chi connectivity index (χ0) is 15.1. The molecule has 0 atom stereocenters. The van der Waals surface area contributed by atoms with E-state index in [2.05, 4.69) is 27.7 Å². The molecule has 0 spiro atoms. The summed E-state index contributed by atoms with van der Waals surface area (Å²) >= 11 is 0. The molecule has 0 bridgehead atoms. The zero-order valence-corrected chi connectivity index (χ0v) is 13.2. The molecule has 1 rings (SSSR count). The van der Waals surface area contributed by atoms with E-state index in [9.17, 15) is 4.79 Å². The van der Waals surface area contributed by atoms with Gasteiger partial charge in [-0.05, 0) is 41.5 Å². The lowest BCUT2D eigenvalue weighted by molar-refractivity contribution is -0.116. The number of hydrogen-bond acceptors (Lipinski definition) is 2. The van der Waals surface area contributed by atoms with Crippen molar-refractivity contribution in [2.75, 3.05) is 7.11 Å². The van der Waals surface area contributed by atoms with Crippen LogP contribution < -0.4 is 4.74 Å². The fourth-order valence-electron chi connectivity index (χ4n) is 2.45. The zero-order valence-electron chi connectivity index (χ0n) is 13.2. The number of benzene rings is 1. The Morgan fingerprint density at radius 2 is 1.65 bits per heavy atom. The van der Waals surface area contributed by atoms with E-state index < -0.39 is 0 Å². The van der Waals surface area contributed by atoms with Gasteiger partial charge in [0.25, 0.3) is 0 Å². The highest BCUT2D eigenvalue weighted by Crippen LogP contribution is 2.24. The van der Waals surface area contributed by atoms with Crippen LogP contribution in [0.4, 0.5) is 0 Å². The molecule has 0 saturated heterocycles. The van der Waals surface area contributed by atoms with Gasteiger partial charge in [0, 0.05) is 6.42 Å². The number of methoxy groups -OCH3 is 1. The van der Waals surface area contributed by atoms with Crippen molar-refractivity contribution in [1.29, 1.82) is 0 Å². The molecule has 110 valence electrons. The Bertz CT molecular complexity index is 433. The fraction of sp³-hybridized carbons (Fsp3) is 0.500. The summed E-state index contributed by atoms with van der Waals surface area (Å²) in [7, 11) is 1.65. The Hall–Kier alpha value is -1.57. The predicted octanol–water partition coefficient (Wildman–Crippen LogP) is 4.60. The summed E-state index contributed by atoms with van der Waals surface area (Å²) < 4.78 is 5.11. The molecule has 0 unspecified atom stereocenters. The van der Waals surface area contributed by atoms with Crippen LogP contribution in [-0.4, -0.2) is 12.9 Å². The van der Waals surface area contributed by atoms with Gasteiger partial charge in [-0.3, -0.25) is 4.79 Å². The minimum Gasteiger partial charge on any atom is -0.497 e. The topological polar surface area (TPSA) is 26.3 Å². The van der Waals surface area contributed by atoms with Crippen LogP contribution in [0.2, 0.25) is 0 Å². The first-order chi connectivity index (χ1) is 9.43. The molecule has 1 aromatic rings. The van der Waals surface area contributed by atoms with Crippen LogP contribution in [0.3, 0.4) is 0 Å². The normalized spacial score (nSPS) is 11.8. The number of ether oxygens (including phenoxy) is 1. The van der Waals surface area contributed by atoms with Crippen molar-refractivity contribution in [3.8, 4) is 5.75 Å². The molecule has 0 radical (unpaired) electrons. The third kappa shape index (κ3) is 5.20. The third-order valence-corrected chi connectivity index (χ3v) is 3.73. The molecule has 0 aromatic heterocycles. The predicted molar refractivity (Wildman–Crippen MR) is 84.8 cm³/mol. The fourth-order valence-corrected chi connectivity index (χ4v) is 2.45. The van der Waals surface area contributed by atoms with Gasteiger partial charge in [-0.1, -0.05) is 45.9 Å². The van der Waals surface area contributed by atoms with Gasteiger partial charge in [-0.15, -0.1) is 0 Å². The highest BCUT2D eigenvalue weighted by Gasteiger charge is 2.19. The average molecular weight is 274 g/mol. The molecule has 1 aromatic carbocycles. The van der Waals surface area contributed by atoms with Gasteiger partial charge in [-0.25, -0.2) is 0 Å². The van der Waals surface area contributed by atoms with Gasteiger partial charge in [0.2, 0.25) is 0 Å². The van der Waals surface area contributed by atoms with Crippen LogP contribution in [0.15, 0.2) is 30.3 Å². The smallest absolute Gasteiger partial charge is 0.156 e. The standard InChI is InChI=1S/C18H26O2/c1-13(2)18(14(3)4)12-16(19)9-6-15-7-10-17(20-5)11-8-15/h6-11,13-14,18H,12H2,1-5H3/b9-6+. The lowest BCUT2D eigenvalue weighted by Crippen LogP contribution is -2.18. The van der Waals surface area contributed by atoms with Crippen molar-refractivity contribution in [3.63, 3.8) is 0 Å². The van der Waals surface area contributed by atoms with Crippen LogP contribution in [0, 0.1) is 17.8 Å². The number of hydrogen-bond donors (Lipinski definition) is 0. The lowest BCUT2D eigenvalue weighted by atomic mass is 9.82. The summed E-state index contributed by atoms with van der Waals surface area (Å²) in [6.45, 7) is 8.74. The molecule has 0 aliphatic heterocycles. The van der Waals surface area contributed by atoms with Gasteiger partial charge in [0.05, 0.1) is 7.11 Å². The molecule has 2 nitrogen and oxygen atoms in total. The summed E-state index contributed by atoms with van der Waals surface area (Å²) in [5.41, 5.74) is 1.02. The largest absolute Gasteiger partial charge is 0.497 e. The quantitative estimate of drug-likeness (QED) is 0.679. The number of carbonyl (C=O) groups excluding carboxylic acids is 1.